The molecule has 142 valence electrons. The highest BCUT2D eigenvalue weighted by atomic mass is 32.2. The van der Waals surface area contributed by atoms with Crippen LogP contribution in [0.5, 0.6) is 0 Å². The predicted octanol–water partition coefficient (Wildman–Crippen LogP) is 3.31. The molecular formula is C21H25N3O2S. The van der Waals surface area contributed by atoms with Crippen LogP contribution in [0.15, 0.2) is 53.4 Å². The molecule has 0 radical (unpaired) electrons. The van der Waals surface area contributed by atoms with Crippen LogP contribution in [-0.4, -0.2) is 37.7 Å². The lowest BCUT2D eigenvalue weighted by Crippen LogP contribution is -2.36. The molecule has 1 aliphatic heterocycles. The van der Waals surface area contributed by atoms with E-state index in [0.717, 1.165) is 23.5 Å². The maximum absolute atomic E-state index is 12.1. The van der Waals surface area contributed by atoms with E-state index < -0.39 is 11.8 Å². The number of hydrogen-bond donors (Lipinski definition) is 2. The van der Waals surface area contributed by atoms with Crippen LogP contribution in [0.2, 0.25) is 0 Å². The summed E-state index contributed by atoms with van der Waals surface area (Å²) in [6.07, 6.45) is 5.15. The van der Waals surface area contributed by atoms with Gasteiger partial charge in [-0.15, -0.1) is 11.8 Å². The molecular weight excluding hydrogens is 358 g/mol. The summed E-state index contributed by atoms with van der Waals surface area (Å²) in [4.78, 5) is 27.4. The van der Waals surface area contributed by atoms with Crippen LogP contribution in [0.25, 0.3) is 0 Å². The molecule has 2 amide bonds. The van der Waals surface area contributed by atoms with Crippen molar-refractivity contribution in [3.63, 3.8) is 0 Å². The summed E-state index contributed by atoms with van der Waals surface area (Å²) < 4.78 is 0. The van der Waals surface area contributed by atoms with E-state index in [-0.39, 0.29) is 0 Å². The van der Waals surface area contributed by atoms with Gasteiger partial charge in [0.1, 0.15) is 0 Å². The number of para-hydroxylation sites is 1. The zero-order valence-electron chi connectivity index (χ0n) is 15.5. The number of thioether (sulfide) groups is 1. The Hall–Kier alpha value is -2.47. The largest absolute Gasteiger partial charge is 0.372 e. The number of carbonyl (C=O) groups is 2. The fraction of sp³-hybridized carbons (Fsp3) is 0.333. The van der Waals surface area contributed by atoms with E-state index in [1.165, 1.54) is 30.3 Å². The van der Waals surface area contributed by atoms with Gasteiger partial charge in [-0.05, 0) is 55.3 Å². The van der Waals surface area contributed by atoms with Gasteiger partial charge in [0.25, 0.3) is 0 Å². The van der Waals surface area contributed by atoms with Gasteiger partial charge in [0.05, 0.1) is 5.69 Å². The van der Waals surface area contributed by atoms with Gasteiger partial charge in [0.2, 0.25) is 0 Å². The van der Waals surface area contributed by atoms with Crippen LogP contribution in [0.3, 0.4) is 0 Å². The molecule has 0 spiro atoms. The number of rotatable bonds is 6. The molecule has 1 aliphatic rings. The van der Waals surface area contributed by atoms with E-state index in [1.807, 2.05) is 24.5 Å². The molecule has 27 heavy (non-hydrogen) atoms. The minimum atomic E-state index is -0.638. The van der Waals surface area contributed by atoms with Gasteiger partial charge in [-0.2, -0.15) is 0 Å². The molecule has 0 aliphatic carbocycles. The summed E-state index contributed by atoms with van der Waals surface area (Å²) in [5.74, 6) is -1.25. The smallest absolute Gasteiger partial charge is 0.313 e. The second-order valence-electron chi connectivity index (χ2n) is 6.52. The van der Waals surface area contributed by atoms with Crippen molar-refractivity contribution in [1.82, 2.24) is 5.32 Å². The molecule has 6 heteroatoms. The number of amides is 2. The molecule has 2 N–H and O–H groups in total. The molecule has 3 rings (SSSR count). The van der Waals surface area contributed by atoms with Crippen molar-refractivity contribution in [3.8, 4) is 0 Å². The second-order valence-corrected chi connectivity index (χ2v) is 7.37. The molecule has 1 fully saturated rings. The zero-order chi connectivity index (χ0) is 19.1. The van der Waals surface area contributed by atoms with Crippen molar-refractivity contribution in [2.24, 2.45) is 0 Å². The topological polar surface area (TPSA) is 61.4 Å². The van der Waals surface area contributed by atoms with Crippen molar-refractivity contribution in [3.05, 3.63) is 54.1 Å². The SMILES string of the molecule is CSc1ccccc1NC(=O)C(=O)NCCc1ccc(N2CCCC2)cc1. The van der Waals surface area contributed by atoms with E-state index in [0.29, 0.717) is 18.7 Å². The molecule has 2 aromatic rings. The Bertz CT molecular complexity index is 786. The van der Waals surface area contributed by atoms with Crippen LogP contribution < -0.4 is 15.5 Å². The third-order valence-electron chi connectivity index (χ3n) is 4.67. The first-order chi connectivity index (χ1) is 13.2. The van der Waals surface area contributed by atoms with Crippen molar-refractivity contribution >= 4 is 35.0 Å². The highest BCUT2D eigenvalue weighted by Gasteiger charge is 2.15. The van der Waals surface area contributed by atoms with Crippen molar-refractivity contribution in [1.29, 1.82) is 0 Å². The summed E-state index contributed by atoms with van der Waals surface area (Å²) in [6.45, 7) is 2.69. The Kier molecular flexibility index (Phi) is 6.76. The number of benzene rings is 2. The lowest BCUT2D eigenvalue weighted by atomic mass is 10.1. The van der Waals surface area contributed by atoms with Crippen LogP contribution in [0.4, 0.5) is 11.4 Å². The first kappa shape index (κ1) is 19.3. The van der Waals surface area contributed by atoms with Gasteiger partial charge in [0.15, 0.2) is 0 Å². The number of nitrogens with zero attached hydrogens (tertiary/aromatic N) is 1. The minimum Gasteiger partial charge on any atom is -0.372 e. The van der Waals surface area contributed by atoms with Crippen LogP contribution >= 0.6 is 11.8 Å². The van der Waals surface area contributed by atoms with E-state index in [9.17, 15) is 9.59 Å². The molecule has 0 saturated carbocycles. The lowest BCUT2D eigenvalue weighted by molar-refractivity contribution is -0.136. The Morgan fingerprint density at radius 1 is 1.00 bits per heavy atom. The third kappa shape index (κ3) is 5.26. The number of hydrogen-bond acceptors (Lipinski definition) is 4. The highest BCUT2D eigenvalue weighted by molar-refractivity contribution is 7.98. The third-order valence-corrected chi connectivity index (χ3v) is 5.46. The van der Waals surface area contributed by atoms with Gasteiger partial charge >= 0.3 is 11.8 Å². The summed E-state index contributed by atoms with van der Waals surface area (Å²) in [7, 11) is 0. The average molecular weight is 384 g/mol. The first-order valence-corrected chi connectivity index (χ1v) is 10.5. The van der Waals surface area contributed by atoms with Gasteiger partial charge in [-0.1, -0.05) is 24.3 Å². The normalized spacial score (nSPS) is 13.4. The van der Waals surface area contributed by atoms with Gasteiger partial charge in [-0.25, -0.2) is 0 Å². The highest BCUT2D eigenvalue weighted by Crippen LogP contribution is 2.24. The first-order valence-electron chi connectivity index (χ1n) is 9.23. The molecule has 1 heterocycles. The maximum Gasteiger partial charge on any atom is 0.313 e. The average Bonchev–Trinajstić information content (AvgIpc) is 3.23. The molecule has 0 atom stereocenters. The Morgan fingerprint density at radius 3 is 2.41 bits per heavy atom. The summed E-state index contributed by atoms with van der Waals surface area (Å²) in [5, 5.41) is 5.36. The Morgan fingerprint density at radius 2 is 1.70 bits per heavy atom. The number of carbonyl (C=O) groups excluding carboxylic acids is 2. The summed E-state index contributed by atoms with van der Waals surface area (Å²) in [5.41, 5.74) is 3.06. The minimum absolute atomic E-state index is 0.430. The van der Waals surface area contributed by atoms with Crippen molar-refractivity contribution < 1.29 is 9.59 Å². The Balaban J connectivity index is 1.45. The molecule has 1 saturated heterocycles. The van der Waals surface area contributed by atoms with E-state index in [1.54, 1.807) is 6.07 Å². The molecule has 0 aromatic heterocycles. The second kappa shape index (κ2) is 9.46. The maximum atomic E-state index is 12.1. The van der Waals surface area contributed by atoms with E-state index in [2.05, 4.69) is 39.8 Å². The monoisotopic (exact) mass is 383 g/mol. The number of nitrogens with one attached hydrogen (secondary N) is 2. The Labute approximate surface area is 164 Å². The molecule has 0 bridgehead atoms. The fourth-order valence-corrected chi connectivity index (χ4v) is 3.73. The summed E-state index contributed by atoms with van der Waals surface area (Å²) in [6, 6.07) is 15.9. The molecule has 0 unspecified atom stereocenters. The standard InChI is InChI=1S/C21H25N3O2S/c1-27-19-7-3-2-6-18(19)23-21(26)20(25)22-13-12-16-8-10-17(11-9-16)24-14-4-5-15-24/h2-3,6-11H,4-5,12-15H2,1H3,(H,22,25)(H,23,26). The lowest BCUT2D eigenvalue weighted by Gasteiger charge is -2.17. The fourth-order valence-electron chi connectivity index (χ4n) is 3.18. The van der Waals surface area contributed by atoms with Crippen LogP contribution in [0.1, 0.15) is 18.4 Å². The van der Waals surface area contributed by atoms with Crippen LogP contribution in [0, 0.1) is 0 Å². The van der Waals surface area contributed by atoms with Gasteiger partial charge in [-0.3, -0.25) is 9.59 Å². The predicted molar refractivity (Wildman–Crippen MR) is 111 cm³/mol. The molecule has 5 nitrogen and oxygen atoms in total. The zero-order valence-corrected chi connectivity index (χ0v) is 16.3. The number of anilines is 2. The molecule has 2 aromatic carbocycles. The van der Waals surface area contributed by atoms with E-state index >= 15 is 0 Å². The van der Waals surface area contributed by atoms with Gasteiger partial charge in [0, 0.05) is 30.2 Å². The van der Waals surface area contributed by atoms with Crippen molar-refractivity contribution in [2.45, 2.75) is 24.2 Å². The quantitative estimate of drug-likeness (QED) is 0.593. The summed E-state index contributed by atoms with van der Waals surface area (Å²) >= 11 is 1.52. The van der Waals surface area contributed by atoms with Gasteiger partial charge < -0.3 is 15.5 Å². The van der Waals surface area contributed by atoms with Crippen molar-refractivity contribution in [2.75, 3.05) is 36.1 Å². The van der Waals surface area contributed by atoms with Crippen LogP contribution in [-0.2, 0) is 16.0 Å². The van der Waals surface area contributed by atoms with E-state index in [4.69, 9.17) is 0 Å².